The van der Waals surface area contributed by atoms with E-state index in [1.165, 1.54) is 11.3 Å². The molecule has 0 aliphatic carbocycles. The first-order valence-corrected chi connectivity index (χ1v) is 5.85. The minimum Gasteiger partial charge on any atom is -0.319 e. The maximum atomic E-state index is 6.08. The average molecular weight is 262 g/mol. The molecule has 0 fully saturated rings. The van der Waals surface area contributed by atoms with E-state index in [1.807, 2.05) is 13.1 Å². The van der Waals surface area contributed by atoms with Gasteiger partial charge in [-0.15, -0.1) is 11.3 Å². The third-order valence-corrected chi connectivity index (χ3v) is 3.71. The van der Waals surface area contributed by atoms with Crippen LogP contribution in [0, 0.1) is 0 Å². The quantitative estimate of drug-likeness (QED) is 0.904. The smallest absolute Gasteiger partial charge is 0.0995 e. The lowest BCUT2D eigenvalue weighted by Crippen LogP contribution is -2.15. The van der Waals surface area contributed by atoms with Gasteiger partial charge in [0.15, 0.2) is 0 Å². The molecule has 0 bridgehead atoms. The van der Waals surface area contributed by atoms with Crippen molar-refractivity contribution in [3.8, 4) is 0 Å². The molecule has 2 rings (SSSR count). The van der Waals surface area contributed by atoms with Crippen LogP contribution in [0.2, 0.25) is 8.67 Å². The monoisotopic (exact) mass is 261 g/mol. The van der Waals surface area contributed by atoms with Crippen molar-refractivity contribution in [3.05, 3.63) is 38.3 Å². The number of rotatable bonds is 2. The van der Waals surface area contributed by atoms with Crippen LogP contribution in [0.4, 0.5) is 0 Å². The lowest BCUT2D eigenvalue weighted by atomic mass is 10.1. The number of hydrogen-bond acceptors (Lipinski definition) is 3. The Morgan fingerprint density at radius 2 is 2.27 bits per heavy atom. The maximum absolute atomic E-state index is 6.08. The van der Waals surface area contributed by atoms with Crippen LogP contribution < -0.4 is 5.73 Å². The van der Waals surface area contributed by atoms with Crippen LogP contribution in [0.5, 0.6) is 0 Å². The molecule has 2 N–H and O–H groups in total. The fourth-order valence-corrected chi connectivity index (χ4v) is 2.96. The number of aromatic nitrogens is 2. The second-order valence-corrected chi connectivity index (χ2v) is 5.42. The van der Waals surface area contributed by atoms with Crippen LogP contribution in [0.3, 0.4) is 0 Å². The van der Waals surface area contributed by atoms with E-state index in [0.29, 0.717) is 8.67 Å². The van der Waals surface area contributed by atoms with Crippen LogP contribution >= 0.6 is 34.5 Å². The molecule has 0 spiro atoms. The average Bonchev–Trinajstić information content (AvgIpc) is 2.71. The van der Waals surface area contributed by atoms with Crippen molar-refractivity contribution < 1.29 is 0 Å². The van der Waals surface area contributed by atoms with Gasteiger partial charge in [-0.3, -0.25) is 4.68 Å². The Kier molecular flexibility index (Phi) is 3.02. The van der Waals surface area contributed by atoms with Crippen molar-refractivity contribution in [3.63, 3.8) is 0 Å². The molecule has 0 saturated heterocycles. The summed E-state index contributed by atoms with van der Waals surface area (Å²) in [4.78, 5) is 0. The van der Waals surface area contributed by atoms with Crippen LogP contribution in [0.25, 0.3) is 0 Å². The van der Waals surface area contributed by atoms with Gasteiger partial charge in [0.1, 0.15) is 0 Å². The standard InChI is InChI=1S/C9H9Cl2N3S/c1-14-6(2-3-13-14)8(12)5-4-7(10)15-9(5)11/h2-4,8H,12H2,1H3. The van der Waals surface area contributed by atoms with E-state index < -0.39 is 0 Å². The van der Waals surface area contributed by atoms with Gasteiger partial charge in [0, 0.05) is 18.8 Å². The van der Waals surface area contributed by atoms with Gasteiger partial charge in [0.25, 0.3) is 0 Å². The minimum atomic E-state index is -0.284. The predicted molar refractivity (Wildman–Crippen MR) is 63.6 cm³/mol. The first-order chi connectivity index (χ1) is 7.09. The van der Waals surface area contributed by atoms with Crippen molar-refractivity contribution in [2.45, 2.75) is 6.04 Å². The van der Waals surface area contributed by atoms with Gasteiger partial charge in [-0.1, -0.05) is 23.2 Å². The first-order valence-electron chi connectivity index (χ1n) is 4.28. The van der Waals surface area contributed by atoms with Crippen LogP contribution in [-0.2, 0) is 7.05 Å². The normalized spacial score (nSPS) is 13.1. The summed E-state index contributed by atoms with van der Waals surface area (Å²) in [6.07, 6.45) is 1.71. The highest BCUT2D eigenvalue weighted by molar-refractivity contribution is 7.20. The summed E-state index contributed by atoms with van der Waals surface area (Å²) in [5.41, 5.74) is 7.83. The number of thiophene rings is 1. The van der Waals surface area contributed by atoms with Crippen LogP contribution in [0.1, 0.15) is 17.3 Å². The van der Waals surface area contributed by atoms with Gasteiger partial charge in [-0.05, 0) is 12.1 Å². The number of halogens is 2. The Balaban J connectivity index is 2.40. The van der Waals surface area contributed by atoms with Crippen molar-refractivity contribution in [2.75, 3.05) is 0 Å². The number of nitrogens with two attached hydrogens (primary N) is 1. The Morgan fingerprint density at radius 3 is 2.73 bits per heavy atom. The molecule has 80 valence electrons. The van der Waals surface area contributed by atoms with E-state index in [1.54, 1.807) is 16.9 Å². The molecule has 3 nitrogen and oxygen atoms in total. The van der Waals surface area contributed by atoms with Gasteiger partial charge >= 0.3 is 0 Å². The molecule has 0 aromatic carbocycles. The van der Waals surface area contributed by atoms with Gasteiger partial charge in [0.2, 0.25) is 0 Å². The van der Waals surface area contributed by atoms with Crippen molar-refractivity contribution >= 4 is 34.5 Å². The van der Waals surface area contributed by atoms with E-state index in [-0.39, 0.29) is 6.04 Å². The highest BCUT2D eigenvalue weighted by Crippen LogP contribution is 2.36. The van der Waals surface area contributed by atoms with Crippen molar-refractivity contribution in [2.24, 2.45) is 12.8 Å². The summed E-state index contributed by atoms with van der Waals surface area (Å²) in [6, 6.07) is 3.38. The summed E-state index contributed by atoms with van der Waals surface area (Å²) < 4.78 is 3.01. The third-order valence-electron chi connectivity index (χ3n) is 2.20. The molecular weight excluding hydrogens is 253 g/mol. The zero-order valence-electron chi connectivity index (χ0n) is 7.95. The molecule has 6 heteroatoms. The molecular formula is C9H9Cl2N3S. The molecule has 0 radical (unpaired) electrons. The number of hydrogen-bond donors (Lipinski definition) is 1. The highest BCUT2D eigenvalue weighted by atomic mass is 35.5. The lowest BCUT2D eigenvalue weighted by Gasteiger charge is -2.10. The summed E-state index contributed by atoms with van der Waals surface area (Å²) in [5, 5.41) is 4.06. The molecule has 2 aromatic rings. The zero-order chi connectivity index (χ0) is 11.0. The van der Waals surface area contributed by atoms with E-state index in [9.17, 15) is 0 Å². The Hall–Kier alpha value is -0.550. The first kappa shape index (κ1) is 11.0. The molecule has 2 aromatic heterocycles. The predicted octanol–water partition coefficient (Wildman–Crippen LogP) is 2.84. The fourth-order valence-electron chi connectivity index (χ4n) is 1.41. The summed E-state index contributed by atoms with van der Waals surface area (Å²) in [7, 11) is 1.84. The Bertz CT molecular complexity index is 477. The Morgan fingerprint density at radius 1 is 1.53 bits per heavy atom. The minimum absolute atomic E-state index is 0.284. The van der Waals surface area contributed by atoms with Gasteiger partial charge in [-0.25, -0.2) is 0 Å². The van der Waals surface area contributed by atoms with E-state index >= 15 is 0 Å². The molecule has 0 amide bonds. The molecule has 0 saturated carbocycles. The fraction of sp³-hybridized carbons (Fsp3) is 0.222. The second-order valence-electron chi connectivity index (χ2n) is 3.14. The molecule has 1 unspecified atom stereocenters. The Labute approximate surface area is 101 Å². The number of aryl methyl sites for hydroxylation is 1. The topological polar surface area (TPSA) is 43.8 Å². The SMILES string of the molecule is Cn1nccc1C(N)c1cc(Cl)sc1Cl. The summed E-state index contributed by atoms with van der Waals surface area (Å²) in [5.74, 6) is 0. The maximum Gasteiger partial charge on any atom is 0.0995 e. The largest absolute Gasteiger partial charge is 0.319 e. The summed E-state index contributed by atoms with van der Waals surface area (Å²) >= 11 is 13.2. The van der Waals surface area contributed by atoms with Crippen LogP contribution in [0.15, 0.2) is 18.3 Å². The molecule has 15 heavy (non-hydrogen) atoms. The second kappa shape index (κ2) is 4.14. The van der Waals surface area contributed by atoms with Gasteiger partial charge in [0.05, 0.1) is 20.4 Å². The van der Waals surface area contributed by atoms with Gasteiger partial charge < -0.3 is 5.73 Å². The van der Waals surface area contributed by atoms with Crippen molar-refractivity contribution in [1.29, 1.82) is 0 Å². The molecule has 0 aliphatic heterocycles. The van der Waals surface area contributed by atoms with E-state index in [0.717, 1.165) is 11.3 Å². The van der Waals surface area contributed by atoms with Crippen LogP contribution in [-0.4, -0.2) is 9.78 Å². The van der Waals surface area contributed by atoms with E-state index in [4.69, 9.17) is 28.9 Å². The van der Waals surface area contributed by atoms with Crippen molar-refractivity contribution in [1.82, 2.24) is 9.78 Å². The number of nitrogens with zero attached hydrogens (tertiary/aromatic N) is 2. The van der Waals surface area contributed by atoms with Gasteiger partial charge in [-0.2, -0.15) is 5.10 Å². The van der Waals surface area contributed by atoms with E-state index in [2.05, 4.69) is 5.10 Å². The molecule has 0 aliphatic rings. The third kappa shape index (κ3) is 2.03. The lowest BCUT2D eigenvalue weighted by molar-refractivity contribution is 0.674. The summed E-state index contributed by atoms with van der Waals surface area (Å²) in [6.45, 7) is 0. The molecule has 2 heterocycles. The highest BCUT2D eigenvalue weighted by Gasteiger charge is 2.17. The zero-order valence-corrected chi connectivity index (χ0v) is 10.3. The molecule has 1 atom stereocenters.